The molecule has 0 fully saturated rings. The maximum Gasteiger partial charge on any atom is 0.408 e. The van der Waals surface area contributed by atoms with Gasteiger partial charge in [0.15, 0.2) is 0 Å². The zero-order valence-corrected chi connectivity index (χ0v) is 17.5. The topological polar surface area (TPSA) is 93.4 Å². The number of amides is 2. The molecule has 0 bridgehead atoms. The highest BCUT2D eigenvalue weighted by Gasteiger charge is 2.24. The van der Waals surface area contributed by atoms with Gasteiger partial charge in [0.25, 0.3) is 5.91 Å². The maximum absolute atomic E-state index is 13.1. The van der Waals surface area contributed by atoms with E-state index >= 15 is 0 Å². The van der Waals surface area contributed by atoms with E-state index in [2.05, 4.69) is 17.6 Å². The second kappa shape index (κ2) is 10.9. The Hall–Kier alpha value is -3.64. The average molecular weight is 418 g/mol. The van der Waals surface area contributed by atoms with Gasteiger partial charge in [0.05, 0.1) is 0 Å². The molecule has 0 saturated heterocycles. The van der Waals surface area contributed by atoms with Crippen molar-refractivity contribution in [2.75, 3.05) is 5.32 Å². The minimum Gasteiger partial charge on any atom is -0.445 e. The SMILES string of the molecule is CCc1ccc([C@@H](NC(=O)OCc2ccccc2)C(=O)Nc2cccc(CN)c2)cc1. The van der Waals surface area contributed by atoms with Gasteiger partial charge in [0.1, 0.15) is 12.6 Å². The van der Waals surface area contributed by atoms with E-state index in [-0.39, 0.29) is 12.5 Å². The number of carbonyl (C=O) groups excluding carboxylic acids is 2. The van der Waals surface area contributed by atoms with E-state index in [1.165, 1.54) is 0 Å². The molecule has 4 N–H and O–H groups in total. The number of nitrogens with two attached hydrogens (primary N) is 1. The summed E-state index contributed by atoms with van der Waals surface area (Å²) in [6.07, 6.45) is 0.217. The van der Waals surface area contributed by atoms with Gasteiger partial charge in [0.2, 0.25) is 0 Å². The van der Waals surface area contributed by atoms with Crippen molar-refractivity contribution in [2.24, 2.45) is 5.73 Å². The van der Waals surface area contributed by atoms with Crippen LogP contribution in [-0.4, -0.2) is 12.0 Å². The highest BCUT2D eigenvalue weighted by atomic mass is 16.5. The van der Waals surface area contributed by atoms with Gasteiger partial charge in [-0.2, -0.15) is 0 Å². The summed E-state index contributed by atoms with van der Waals surface area (Å²) < 4.78 is 5.32. The number of hydrogen-bond donors (Lipinski definition) is 3. The zero-order chi connectivity index (χ0) is 22.1. The van der Waals surface area contributed by atoms with E-state index in [1.54, 1.807) is 6.07 Å². The lowest BCUT2D eigenvalue weighted by Crippen LogP contribution is -2.37. The molecule has 3 aromatic carbocycles. The third-order valence-electron chi connectivity index (χ3n) is 4.89. The highest BCUT2D eigenvalue weighted by Crippen LogP contribution is 2.19. The van der Waals surface area contributed by atoms with Crippen molar-refractivity contribution in [1.82, 2.24) is 5.32 Å². The van der Waals surface area contributed by atoms with Crippen LogP contribution in [0.3, 0.4) is 0 Å². The second-order valence-corrected chi connectivity index (χ2v) is 7.13. The molecule has 0 saturated carbocycles. The van der Waals surface area contributed by atoms with Gasteiger partial charge in [-0.1, -0.05) is 73.7 Å². The molecule has 0 unspecified atom stereocenters. The van der Waals surface area contributed by atoms with Crippen LogP contribution in [0.15, 0.2) is 78.9 Å². The predicted molar refractivity (Wildman–Crippen MR) is 121 cm³/mol. The number of rotatable bonds is 8. The molecule has 0 aliphatic heterocycles. The predicted octanol–water partition coefficient (Wildman–Crippen LogP) is 4.31. The summed E-state index contributed by atoms with van der Waals surface area (Å²) in [7, 11) is 0. The molecule has 3 aromatic rings. The molecule has 160 valence electrons. The normalized spacial score (nSPS) is 11.4. The van der Waals surface area contributed by atoms with Gasteiger partial charge in [-0.15, -0.1) is 0 Å². The van der Waals surface area contributed by atoms with Crippen molar-refractivity contribution in [3.8, 4) is 0 Å². The van der Waals surface area contributed by atoms with Gasteiger partial charge in [-0.3, -0.25) is 4.79 Å². The van der Waals surface area contributed by atoms with Crippen LogP contribution in [0.25, 0.3) is 0 Å². The van der Waals surface area contributed by atoms with Crippen molar-refractivity contribution >= 4 is 17.7 Å². The van der Waals surface area contributed by atoms with E-state index in [0.29, 0.717) is 17.8 Å². The van der Waals surface area contributed by atoms with Crippen LogP contribution in [-0.2, 0) is 29.1 Å². The van der Waals surface area contributed by atoms with Crippen molar-refractivity contribution in [1.29, 1.82) is 0 Å². The van der Waals surface area contributed by atoms with E-state index < -0.39 is 12.1 Å². The molecule has 0 aliphatic carbocycles. The third kappa shape index (κ3) is 6.42. The molecule has 6 heteroatoms. The van der Waals surface area contributed by atoms with Gasteiger partial charge in [-0.05, 0) is 40.8 Å². The van der Waals surface area contributed by atoms with Gasteiger partial charge in [-0.25, -0.2) is 4.79 Å². The van der Waals surface area contributed by atoms with Crippen LogP contribution < -0.4 is 16.4 Å². The number of anilines is 1. The summed E-state index contributed by atoms with van der Waals surface area (Å²) in [6.45, 7) is 2.55. The van der Waals surface area contributed by atoms with E-state index in [0.717, 1.165) is 23.1 Å². The molecule has 0 heterocycles. The first-order valence-electron chi connectivity index (χ1n) is 10.2. The fourth-order valence-electron chi connectivity index (χ4n) is 3.12. The van der Waals surface area contributed by atoms with Crippen LogP contribution in [0.1, 0.15) is 35.2 Å². The lowest BCUT2D eigenvalue weighted by Gasteiger charge is -2.19. The molecule has 3 rings (SSSR count). The van der Waals surface area contributed by atoms with Crippen molar-refractivity contribution < 1.29 is 14.3 Å². The molecule has 0 spiro atoms. The number of benzene rings is 3. The number of carbonyl (C=O) groups is 2. The molecule has 0 aliphatic rings. The third-order valence-corrected chi connectivity index (χ3v) is 4.89. The Balaban J connectivity index is 1.74. The summed E-state index contributed by atoms with van der Waals surface area (Å²) in [5.41, 5.74) is 9.88. The maximum atomic E-state index is 13.1. The van der Waals surface area contributed by atoms with Crippen LogP contribution in [0.5, 0.6) is 0 Å². The molecule has 0 radical (unpaired) electrons. The highest BCUT2D eigenvalue weighted by molar-refractivity contribution is 5.97. The molecule has 6 nitrogen and oxygen atoms in total. The lowest BCUT2D eigenvalue weighted by atomic mass is 10.0. The number of ether oxygens (including phenoxy) is 1. The van der Waals surface area contributed by atoms with E-state index in [9.17, 15) is 9.59 Å². The van der Waals surface area contributed by atoms with Crippen LogP contribution >= 0.6 is 0 Å². The first-order valence-corrected chi connectivity index (χ1v) is 10.2. The number of nitrogens with one attached hydrogen (secondary N) is 2. The zero-order valence-electron chi connectivity index (χ0n) is 17.5. The molecule has 1 atom stereocenters. The number of hydrogen-bond acceptors (Lipinski definition) is 4. The van der Waals surface area contributed by atoms with Crippen molar-refractivity contribution in [3.05, 3.63) is 101 Å². The average Bonchev–Trinajstić information content (AvgIpc) is 2.82. The standard InChI is InChI=1S/C25H27N3O3/c1-2-18-11-13-21(14-12-18)23(24(29)27-22-10-6-9-20(15-22)16-26)28-25(30)31-17-19-7-4-3-5-8-19/h3-15,23H,2,16-17,26H2,1H3,(H,27,29)(H,28,30)/t23-/m1/s1. The Bertz CT molecular complexity index is 1000. The van der Waals surface area contributed by atoms with Crippen LogP contribution in [0, 0.1) is 0 Å². The quantitative estimate of drug-likeness (QED) is 0.509. The fraction of sp³-hybridized carbons (Fsp3) is 0.200. The first-order chi connectivity index (χ1) is 15.1. The van der Waals surface area contributed by atoms with Crippen LogP contribution in [0.4, 0.5) is 10.5 Å². The Kier molecular flexibility index (Phi) is 7.79. The molecular formula is C25H27N3O3. The second-order valence-electron chi connectivity index (χ2n) is 7.13. The molecule has 0 aromatic heterocycles. The number of alkyl carbamates (subject to hydrolysis) is 1. The minimum absolute atomic E-state index is 0.119. The summed E-state index contributed by atoms with van der Waals surface area (Å²) >= 11 is 0. The lowest BCUT2D eigenvalue weighted by molar-refractivity contribution is -0.118. The van der Waals surface area contributed by atoms with Gasteiger partial charge in [0, 0.05) is 12.2 Å². The Morgan fingerprint density at radius 3 is 2.29 bits per heavy atom. The molecule has 2 amide bonds. The number of aryl methyl sites for hydroxylation is 1. The Labute approximate surface area is 182 Å². The largest absolute Gasteiger partial charge is 0.445 e. The first kappa shape index (κ1) is 22.1. The minimum atomic E-state index is -0.907. The Morgan fingerprint density at radius 1 is 0.903 bits per heavy atom. The summed E-state index contributed by atoms with van der Waals surface area (Å²) in [5.74, 6) is -0.366. The van der Waals surface area contributed by atoms with E-state index in [4.69, 9.17) is 10.5 Å². The van der Waals surface area contributed by atoms with Crippen LogP contribution in [0.2, 0.25) is 0 Å². The molecular weight excluding hydrogens is 390 g/mol. The summed E-state index contributed by atoms with van der Waals surface area (Å²) in [5, 5.41) is 5.55. The summed E-state index contributed by atoms with van der Waals surface area (Å²) in [6, 6.07) is 23.3. The van der Waals surface area contributed by atoms with Gasteiger partial charge < -0.3 is 21.1 Å². The smallest absolute Gasteiger partial charge is 0.408 e. The Morgan fingerprint density at radius 2 is 1.61 bits per heavy atom. The van der Waals surface area contributed by atoms with Gasteiger partial charge >= 0.3 is 6.09 Å². The monoisotopic (exact) mass is 417 g/mol. The van der Waals surface area contributed by atoms with E-state index in [1.807, 2.05) is 72.8 Å². The summed E-state index contributed by atoms with van der Waals surface area (Å²) in [4.78, 5) is 25.5. The van der Waals surface area contributed by atoms with Crippen molar-refractivity contribution in [2.45, 2.75) is 32.5 Å². The van der Waals surface area contributed by atoms with Crippen molar-refractivity contribution in [3.63, 3.8) is 0 Å². The fourth-order valence-corrected chi connectivity index (χ4v) is 3.12. The molecule has 31 heavy (non-hydrogen) atoms.